The van der Waals surface area contributed by atoms with E-state index in [2.05, 4.69) is 19.2 Å². The first kappa shape index (κ1) is 15.5. The first-order chi connectivity index (χ1) is 10.1. The molecule has 0 saturated heterocycles. The van der Waals surface area contributed by atoms with Gasteiger partial charge in [0.15, 0.2) is 0 Å². The Kier molecular flexibility index (Phi) is 5.76. The summed E-state index contributed by atoms with van der Waals surface area (Å²) in [7, 11) is 0. The standard InChI is InChI=1S/C18H22FNO/c1-14(2)11-20-12-15-6-8-18(9-7-15)21-13-16-4-3-5-17(19)10-16/h3-10,14,20H,11-13H2,1-2H3. The molecule has 1 N–H and O–H groups in total. The lowest BCUT2D eigenvalue weighted by molar-refractivity contribution is 0.305. The quantitative estimate of drug-likeness (QED) is 0.826. The lowest BCUT2D eigenvalue weighted by Gasteiger charge is -2.09. The van der Waals surface area contributed by atoms with Crippen molar-refractivity contribution in [1.29, 1.82) is 0 Å². The third kappa shape index (κ3) is 5.56. The molecule has 0 radical (unpaired) electrons. The van der Waals surface area contributed by atoms with Crippen LogP contribution >= 0.6 is 0 Å². The van der Waals surface area contributed by atoms with Crippen molar-refractivity contribution < 1.29 is 9.13 Å². The molecule has 0 atom stereocenters. The van der Waals surface area contributed by atoms with Crippen LogP contribution in [0.15, 0.2) is 48.5 Å². The largest absolute Gasteiger partial charge is 0.489 e. The fraction of sp³-hybridized carbons (Fsp3) is 0.333. The number of rotatable bonds is 7. The minimum Gasteiger partial charge on any atom is -0.489 e. The number of benzene rings is 2. The number of hydrogen-bond acceptors (Lipinski definition) is 2. The zero-order valence-electron chi connectivity index (χ0n) is 12.6. The molecule has 0 spiro atoms. The van der Waals surface area contributed by atoms with E-state index >= 15 is 0 Å². The molecule has 112 valence electrons. The average Bonchev–Trinajstić information content (AvgIpc) is 2.46. The lowest BCUT2D eigenvalue weighted by atomic mass is 10.2. The summed E-state index contributed by atoms with van der Waals surface area (Å²) in [6.07, 6.45) is 0. The van der Waals surface area contributed by atoms with Crippen LogP contribution in [0.1, 0.15) is 25.0 Å². The van der Waals surface area contributed by atoms with Crippen molar-refractivity contribution >= 4 is 0 Å². The van der Waals surface area contributed by atoms with Gasteiger partial charge in [0.2, 0.25) is 0 Å². The second kappa shape index (κ2) is 7.79. The van der Waals surface area contributed by atoms with E-state index in [9.17, 15) is 4.39 Å². The highest BCUT2D eigenvalue weighted by atomic mass is 19.1. The van der Waals surface area contributed by atoms with Crippen LogP contribution in [0.25, 0.3) is 0 Å². The maximum Gasteiger partial charge on any atom is 0.123 e. The molecule has 2 rings (SSSR count). The zero-order valence-corrected chi connectivity index (χ0v) is 12.6. The molecule has 21 heavy (non-hydrogen) atoms. The van der Waals surface area contributed by atoms with Gasteiger partial charge in [-0.15, -0.1) is 0 Å². The molecule has 0 bridgehead atoms. The van der Waals surface area contributed by atoms with Crippen molar-refractivity contribution in [2.75, 3.05) is 6.54 Å². The van der Waals surface area contributed by atoms with E-state index in [-0.39, 0.29) is 5.82 Å². The second-order valence-corrected chi connectivity index (χ2v) is 5.59. The molecule has 0 unspecified atom stereocenters. The number of ether oxygens (including phenoxy) is 1. The van der Waals surface area contributed by atoms with Gasteiger partial charge in [-0.25, -0.2) is 4.39 Å². The Morgan fingerprint density at radius 2 is 1.81 bits per heavy atom. The molecule has 0 aromatic heterocycles. The summed E-state index contributed by atoms with van der Waals surface area (Å²) in [5, 5.41) is 3.40. The highest BCUT2D eigenvalue weighted by Gasteiger charge is 1.99. The van der Waals surface area contributed by atoms with Crippen LogP contribution in [0.2, 0.25) is 0 Å². The Balaban J connectivity index is 1.82. The van der Waals surface area contributed by atoms with Crippen molar-refractivity contribution in [1.82, 2.24) is 5.32 Å². The van der Waals surface area contributed by atoms with E-state index in [1.54, 1.807) is 6.07 Å². The smallest absolute Gasteiger partial charge is 0.123 e. The lowest BCUT2D eigenvalue weighted by Crippen LogP contribution is -2.18. The Morgan fingerprint density at radius 3 is 2.48 bits per heavy atom. The Hall–Kier alpha value is -1.87. The summed E-state index contributed by atoms with van der Waals surface area (Å²) >= 11 is 0. The third-order valence-electron chi connectivity index (χ3n) is 3.10. The molecule has 0 aliphatic rings. The van der Waals surface area contributed by atoms with Gasteiger partial charge >= 0.3 is 0 Å². The number of nitrogens with one attached hydrogen (secondary N) is 1. The summed E-state index contributed by atoms with van der Waals surface area (Å²) in [6.45, 7) is 6.63. The van der Waals surface area contributed by atoms with Gasteiger partial charge < -0.3 is 10.1 Å². The molecular formula is C18H22FNO. The molecule has 0 saturated carbocycles. The van der Waals surface area contributed by atoms with E-state index in [0.717, 1.165) is 24.4 Å². The van der Waals surface area contributed by atoms with E-state index in [1.807, 2.05) is 30.3 Å². The molecule has 0 aliphatic carbocycles. The molecule has 2 nitrogen and oxygen atoms in total. The molecule has 0 aliphatic heterocycles. The van der Waals surface area contributed by atoms with Crippen LogP contribution in [0.5, 0.6) is 5.75 Å². The minimum atomic E-state index is -0.234. The van der Waals surface area contributed by atoms with Crippen molar-refractivity contribution in [3.63, 3.8) is 0 Å². The normalized spacial score (nSPS) is 10.9. The maximum atomic E-state index is 13.1. The zero-order chi connectivity index (χ0) is 15.1. The summed E-state index contributed by atoms with van der Waals surface area (Å²) in [5.74, 6) is 1.22. The van der Waals surface area contributed by atoms with Gasteiger partial charge in [-0.05, 0) is 47.9 Å². The van der Waals surface area contributed by atoms with Gasteiger partial charge in [0.1, 0.15) is 18.2 Å². The fourth-order valence-electron chi connectivity index (χ4n) is 2.00. The Morgan fingerprint density at radius 1 is 1.05 bits per heavy atom. The van der Waals surface area contributed by atoms with E-state index in [0.29, 0.717) is 12.5 Å². The van der Waals surface area contributed by atoms with Crippen molar-refractivity contribution in [3.8, 4) is 5.75 Å². The number of hydrogen-bond donors (Lipinski definition) is 1. The summed E-state index contributed by atoms with van der Waals surface area (Å²) < 4.78 is 18.7. The Labute approximate surface area is 126 Å². The van der Waals surface area contributed by atoms with Gasteiger partial charge in [0.05, 0.1) is 0 Å². The second-order valence-electron chi connectivity index (χ2n) is 5.59. The van der Waals surface area contributed by atoms with Crippen LogP contribution in [0.3, 0.4) is 0 Å². The molecule has 0 heterocycles. The van der Waals surface area contributed by atoms with E-state index in [1.165, 1.54) is 17.7 Å². The molecule has 2 aromatic rings. The van der Waals surface area contributed by atoms with Gasteiger partial charge in [-0.3, -0.25) is 0 Å². The summed E-state index contributed by atoms with van der Waals surface area (Å²) in [6, 6.07) is 14.5. The van der Waals surface area contributed by atoms with Crippen molar-refractivity contribution in [2.24, 2.45) is 5.92 Å². The number of halogens is 1. The maximum absolute atomic E-state index is 13.1. The van der Waals surface area contributed by atoms with Crippen LogP contribution in [0.4, 0.5) is 4.39 Å². The van der Waals surface area contributed by atoms with Crippen LogP contribution in [-0.4, -0.2) is 6.54 Å². The van der Waals surface area contributed by atoms with Gasteiger partial charge in [-0.2, -0.15) is 0 Å². The van der Waals surface area contributed by atoms with Crippen molar-refractivity contribution in [3.05, 3.63) is 65.5 Å². The van der Waals surface area contributed by atoms with Gasteiger partial charge in [0.25, 0.3) is 0 Å². The fourth-order valence-corrected chi connectivity index (χ4v) is 2.00. The van der Waals surface area contributed by atoms with Gasteiger partial charge in [-0.1, -0.05) is 38.1 Å². The summed E-state index contributed by atoms with van der Waals surface area (Å²) in [5.41, 5.74) is 2.06. The van der Waals surface area contributed by atoms with E-state index < -0.39 is 0 Å². The monoisotopic (exact) mass is 287 g/mol. The van der Waals surface area contributed by atoms with Crippen LogP contribution in [0, 0.1) is 11.7 Å². The predicted molar refractivity (Wildman–Crippen MR) is 83.7 cm³/mol. The highest BCUT2D eigenvalue weighted by Crippen LogP contribution is 2.14. The SMILES string of the molecule is CC(C)CNCc1ccc(OCc2cccc(F)c2)cc1. The van der Waals surface area contributed by atoms with E-state index in [4.69, 9.17) is 4.74 Å². The minimum absolute atomic E-state index is 0.234. The van der Waals surface area contributed by atoms with Crippen LogP contribution < -0.4 is 10.1 Å². The molecule has 0 fully saturated rings. The van der Waals surface area contributed by atoms with Crippen molar-refractivity contribution in [2.45, 2.75) is 27.0 Å². The first-order valence-electron chi connectivity index (χ1n) is 7.30. The molecule has 2 aromatic carbocycles. The van der Waals surface area contributed by atoms with Crippen LogP contribution in [-0.2, 0) is 13.2 Å². The molecule has 3 heteroatoms. The average molecular weight is 287 g/mol. The highest BCUT2D eigenvalue weighted by molar-refractivity contribution is 5.27. The topological polar surface area (TPSA) is 21.3 Å². The first-order valence-corrected chi connectivity index (χ1v) is 7.30. The predicted octanol–water partition coefficient (Wildman–Crippen LogP) is 4.15. The van der Waals surface area contributed by atoms with Gasteiger partial charge in [0, 0.05) is 6.54 Å². The Bertz CT molecular complexity index is 551. The molecular weight excluding hydrogens is 265 g/mol. The molecule has 0 amide bonds. The summed E-state index contributed by atoms with van der Waals surface area (Å²) in [4.78, 5) is 0. The third-order valence-corrected chi connectivity index (χ3v) is 3.10.